The molecular formula is C20H34N4O. The molecule has 25 heavy (non-hydrogen) atoms. The van der Waals surface area contributed by atoms with Gasteiger partial charge in [-0.25, -0.2) is 0 Å². The molecule has 140 valence electrons. The molecule has 1 aromatic rings. The molecule has 5 nitrogen and oxygen atoms in total. The Hall–Kier alpha value is -1.59. The number of aliphatic hydroxyl groups is 1. The maximum Gasteiger partial charge on any atom is 0.191 e. The number of nitrogens with zero attached hydrogens (tertiary/aromatic N) is 2. The highest BCUT2D eigenvalue weighted by Gasteiger charge is 2.15. The normalized spacial score (nSPS) is 16.8. The predicted octanol–water partition coefficient (Wildman–Crippen LogP) is 2.02. The Bertz CT molecular complexity index is 484. The van der Waals surface area contributed by atoms with E-state index >= 15 is 0 Å². The number of guanidine groups is 1. The SMILES string of the molecule is CCNC(=NCCCc1ccccc1)NCCCN1CCC(O)CC1. The van der Waals surface area contributed by atoms with Gasteiger partial charge in [0.25, 0.3) is 0 Å². The van der Waals surface area contributed by atoms with Gasteiger partial charge in [0, 0.05) is 32.7 Å². The molecule has 0 unspecified atom stereocenters. The lowest BCUT2D eigenvalue weighted by Crippen LogP contribution is -2.40. The monoisotopic (exact) mass is 346 g/mol. The van der Waals surface area contributed by atoms with E-state index in [0.717, 1.165) is 77.3 Å². The summed E-state index contributed by atoms with van der Waals surface area (Å²) in [6, 6.07) is 10.6. The third-order valence-electron chi connectivity index (χ3n) is 4.58. The van der Waals surface area contributed by atoms with Crippen molar-refractivity contribution in [3.63, 3.8) is 0 Å². The van der Waals surface area contributed by atoms with Crippen LogP contribution in [-0.4, -0.2) is 61.3 Å². The van der Waals surface area contributed by atoms with Crippen molar-refractivity contribution in [3.8, 4) is 0 Å². The number of piperidine rings is 1. The Morgan fingerprint density at radius 1 is 1.16 bits per heavy atom. The summed E-state index contributed by atoms with van der Waals surface area (Å²) in [5, 5.41) is 16.3. The van der Waals surface area contributed by atoms with Crippen molar-refractivity contribution < 1.29 is 5.11 Å². The van der Waals surface area contributed by atoms with Gasteiger partial charge in [0.05, 0.1) is 6.10 Å². The molecule has 3 N–H and O–H groups in total. The fourth-order valence-corrected chi connectivity index (χ4v) is 3.11. The van der Waals surface area contributed by atoms with Gasteiger partial charge in [-0.05, 0) is 51.1 Å². The average molecular weight is 347 g/mol. The van der Waals surface area contributed by atoms with E-state index in [-0.39, 0.29) is 6.10 Å². The van der Waals surface area contributed by atoms with Crippen LogP contribution in [0.3, 0.4) is 0 Å². The molecule has 0 bridgehead atoms. The third kappa shape index (κ3) is 8.36. The quantitative estimate of drug-likeness (QED) is 0.364. The summed E-state index contributed by atoms with van der Waals surface area (Å²) in [5.41, 5.74) is 1.38. The summed E-state index contributed by atoms with van der Waals surface area (Å²) >= 11 is 0. The van der Waals surface area contributed by atoms with E-state index < -0.39 is 0 Å². The van der Waals surface area contributed by atoms with Crippen LogP contribution >= 0.6 is 0 Å². The Kier molecular flexibility index (Phi) is 9.37. The smallest absolute Gasteiger partial charge is 0.191 e. The number of aliphatic imine (C=N–C) groups is 1. The fourth-order valence-electron chi connectivity index (χ4n) is 3.11. The summed E-state index contributed by atoms with van der Waals surface area (Å²) in [7, 11) is 0. The van der Waals surface area contributed by atoms with Gasteiger partial charge in [-0.15, -0.1) is 0 Å². The van der Waals surface area contributed by atoms with Gasteiger partial charge in [-0.2, -0.15) is 0 Å². The number of hydrogen-bond acceptors (Lipinski definition) is 3. The molecule has 1 aliphatic heterocycles. The number of benzene rings is 1. The fraction of sp³-hybridized carbons (Fsp3) is 0.650. The molecule has 0 amide bonds. The molecule has 0 aliphatic carbocycles. The summed E-state index contributed by atoms with van der Waals surface area (Å²) in [6.07, 6.45) is 4.99. The molecule has 1 heterocycles. The lowest BCUT2D eigenvalue weighted by molar-refractivity contribution is 0.0823. The van der Waals surface area contributed by atoms with Crippen LogP contribution in [0.2, 0.25) is 0 Å². The summed E-state index contributed by atoms with van der Waals surface area (Å²) in [5.74, 6) is 0.921. The summed E-state index contributed by atoms with van der Waals surface area (Å²) < 4.78 is 0. The molecule has 0 saturated carbocycles. The molecule has 1 saturated heterocycles. The van der Waals surface area contributed by atoms with Crippen molar-refractivity contribution in [1.29, 1.82) is 0 Å². The van der Waals surface area contributed by atoms with Crippen molar-refractivity contribution >= 4 is 5.96 Å². The van der Waals surface area contributed by atoms with Gasteiger partial charge in [-0.1, -0.05) is 30.3 Å². The number of hydrogen-bond donors (Lipinski definition) is 3. The minimum absolute atomic E-state index is 0.0854. The first-order chi connectivity index (χ1) is 12.3. The summed E-state index contributed by atoms with van der Waals surface area (Å²) in [6.45, 7) is 7.89. The molecule has 1 aromatic carbocycles. The standard InChI is InChI=1S/C20H34N4O/c1-2-21-20(22-13-6-10-18-8-4-3-5-9-18)23-14-7-15-24-16-11-19(25)12-17-24/h3-5,8-9,19,25H,2,6-7,10-17H2,1H3,(H2,21,22,23). The van der Waals surface area contributed by atoms with Crippen LogP contribution in [0.4, 0.5) is 0 Å². The second-order valence-electron chi connectivity index (χ2n) is 6.70. The van der Waals surface area contributed by atoms with Gasteiger partial charge in [0.15, 0.2) is 5.96 Å². The number of nitrogens with one attached hydrogen (secondary N) is 2. The molecule has 0 radical (unpaired) electrons. The molecular weight excluding hydrogens is 312 g/mol. The lowest BCUT2D eigenvalue weighted by Gasteiger charge is -2.29. The molecule has 1 aliphatic rings. The third-order valence-corrected chi connectivity index (χ3v) is 4.58. The van der Waals surface area contributed by atoms with E-state index in [2.05, 4.69) is 57.8 Å². The molecule has 0 aromatic heterocycles. The second-order valence-corrected chi connectivity index (χ2v) is 6.70. The maximum atomic E-state index is 9.54. The van der Waals surface area contributed by atoms with Crippen LogP contribution in [0.15, 0.2) is 35.3 Å². The molecule has 1 fully saturated rings. The minimum atomic E-state index is -0.0854. The van der Waals surface area contributed by atoms with Crippen LogP contribution in [0, 0.1) is 0 Å². The van der Waals surface area contributed by atoms with Crippen molar-refractivity contribution in [2.24, 2.45) is 4.99 Å². The van der Waals surface area contributed by atoms with Crippen molar-refractivity contribution in [2.45, 2.75) is 45.1 Å². The van der Waals surface area contributed by atoms with Gasteiger partial charge in [0.1, 0.15) is 0 Å². The highest BCUT2D eigenvalue weighted by atomic mass is 16.3. The Morgan fingerprint density at radius 3 is 2.64 bits per heavy atom. The van der Waals surface area contributed by atoms with Crippen LogP contribution in [0.1, 0.15) is 38.2 Å². The zero-order chi connectivity index (χ0) is 17.7. The Balaban J connectivity index is 1.60. The predicted molar refractivity (Wildman–Crippen MR) is 105 cm³/mol. The molecule has 0 atom stereocenters. The van der Waals surface area contributed by atoms with Gasteiger partial charge >= 0.3 is 0 Å². The first-order valence-corrected chi connectivity index (χ1v) is 9.74. The Labute approximate surface area is 152 Å². The van der Waals surface area contributed by atoms with Crippen LogP contribution in [-0.2, 0) is 6.42 Å². The summed E-state index contributed by atoms with van der Waals surface area (Å²) in [4.78, 5) is 7.11. The topological polar surface area (TPSA) is 59.9 Å². The minimum Gasteiger partial charge on any atom is -0.393 e. The van der Waals surface area contributed by atoms with Crippen molar-refractivity contribution in [3.05, 3.63) is 35.9 Å². The average Bonchev–Trinajstić information content (AvgIpc) is 2.64. The van der Waals surface area contributed by atoms with Crippen LogP contribution < -0.4 is 10.6 Å². The van der Waals surface area contributed by atoms with E-state index in [9.17, 15) is 5.11 Å². The van der Waals surface area contributed by atoms with Crippen LogP contribution in [0.5, 0.6) is 0 Å². The zero-order valence-corrected chi connectivity index (χ0v) is 15.6. The lowest BCUT2D eigenvalue weighted by atomic mass is 10.1. The molecule has 0 spiro atoms. The highest BCUT2D eigenvalue weighted by molar-refractivity contribution is 5.79. The molecule has 5 heteroatoms. The van der Waals surface area contributed by atoms with Gasteiger partial charge in [-0.3, -0.25) is 4.99 Å². The maximum absolute atomic E-state index is 9.54. The number of likely N-dealkylation sites (tertiary alicyclic amines) is 1. The van der Waals surface area contributed by atoms with Crippen LogP contribution in [0.25, 0.3) is 0 Å². The number of aryl methyl sites for hydroxylation is 1. The first-order valence-electron chi connectivity index (χ1n) is 9.74. The second kappa shape index (κ2) is 11.9. The Morgan fingerprint density at radius 2 is 1.92 bits per heavy atom. The van der Waals surface area contributed by atoms with Crippen molar-refractivity contribution in [2.75, 3.05) is 39.3 Å². The zero-order valence-electron chi connectivity index (χ0n) is 15.6. The van der Waals surface area contributed by atoms with E-state index in [1.807, 2.05) is 0 Å². The largest absolute Gasteiger partial charge is 0.393 e. The van der Waals surface area contributed by atoms with E-state index in [0.29, 0.717) is 0 Å². The van der Waals surface area contributed by atoms with Crippen molar-refractivity contribution in [1.82, 2.24) is 15.5 Å². The number of aliphatic hydroxyl groups excluding tert-OH is 1. The number of rotatable bonds is 9. The first kappa shape index (κ1) is 19.7. The van der Waals surface area contributed by atoms with E-state index in [1.54, 1.807) is 0 Å². The molecule has 2 rings (SSSR count). The van der Waals surface area contributed by atoms with Gasteiger partial charge < -0.3 is 20.6 Å². The highest BCUT2D eigenvalue weighted by Crippen LogP contribution is 2.09. The van der Waals surface area contributed by atoms with E-state index in [4.69, 9.17) is 0 Å². The van der Waals surface area contributed by atoms with E-state index in [1.165, 1.54) is 5.56 Å². The van der Waals surface area contributed by atoms with Gasteiger partial charge in [0.2, 0.25) is 0 Å².